The van der Waals surface area contributed by atoms with Crippen molar-refractivity contribution < 1.29 is 14.8 Å². The van der Waals surface area contributed by atoms with E-state index in [-0.39, 0.29) is 11.3 Å². The number of benzene rings is 2. The molecule has 5 nitrogen and oxygen atoms in total. The summed E-state index contributed by atoms with van der Waals surface area (Å²) < 4.78 is 0.852. The minimum absolute atomic E-state index is 0.0422. The van der Waals surface area contributed by atoms with Gasteiger partial charge in [0.25, 0.3) is 5.69 Å². The summed E-state index contributed by atoms with van der Waals surface area (Å²) in [6, 6.07) is 11.0. The molecule has 0 saturated heterocycles. The van der Waals surface area contributed by atoms with Crippen LogP contribution in [0.15, 0.2) is 56.7 Å². The Morgan fingerprint density at radius 3 is 2.60 bits per heavy atom. The number of carboxylic acid groups (broad SMARTS) is 1. The summed E-state index contributed by atoms with van der Waals surface area (Å²) in [5.41, 5.74) is -0.0897. The zero-order valence-corrected chi connectivity index (χ0v) is 12.3. The summed E-state index contributed by atoms with van der Waals surface area (Å²) in [5, 5.41) is 19.9. The number of rotatable bonds is 4. The molecule has 2 rings (SSSR count). The molecule has 0 atom stereocenters. The fourth-order valence-electron chi connectivity index (χ4n) is 1.54. The molecule has 0 amide bonds. The van der Waals surface area contributed by atoms with Crippen molar-refractivity contribution in [3.8, 4) is 0 Å². The summed E-state index contributed by atoms with van der Waals surface area (Å²) in [4.78, 5) is 22.5. The fourth-order valence-corrected chi connectivity index (χ4v) is 3.13. The van der Waals surface area contributed by atoms with Crippen molar-refractivity contribution in [3.05, 3.63) is 62.6 Å². The second kappa shape index (κ2) is 6.06. The second-order valence-electron chi connectivity index (χ2n) is 3.80. The Balaban J connectivity index is 2.44. The lowest BCUT2D eigenvalue weighted by atomic mass is 10.2. The molecule has 2 aromatic carbocycles. The molecule has 0 aliphatic heterocycles. The number of carboxylic acids is 1. The Morgan fingerprint density at radius 1 is 1.25 bits per heavy atom. The van der Waals surface area contributed by atoms with Crippen LogP contribution in [0.5, 0.6) is 0 Å². The van der Waals surface area contributed by atoms with Gasteiger partial charge >= 0.3 is 5.97 Å². The molecule has 1 N–H and O–H groups in total. The van der Waals surface area contributed by atoms with Gasteiger partial charge in [0.05, 0.1) is 10.5 Å². The number of nitrogens with zero attached hydrogens (tertiary/aromatic N) is 1. The van der Waals surface area contributed by atoms with E-state index in [9.17, 15) is 14.9 Å². The van der Waals surface area contributed by atoms with E-state index >= 15 is 0 Å². The number of nitro groups is 1. The van der Waals surface area contributed by atoms with E-state index in [1.165, 1.54) is 30.0 Å². The number of non-ortho nitro benzene ring substituents is 1. The van der Waals surface area contributed by atoms with Crippen LogP contribution in [-0.2, 0) is 0 Å². The normalized spacial score (nSPS) is 10.2. The number of hydrogen-bond donors (Lipinski definition) is 1. The fraction of sp³-hybridized carbons (Fsp3) is 0. The topological polar surface area (TPSA) is 80.4 Å². The van der Waals surface area contributed by atoms with Crippen LogP contribution in [0.1, 0.15) is 10.4 Å². The molecule has 0 heterocycles. The number of aromatic carboxylic acids is 1. The Labute approximate surface area is 126 Å². The Kier molecular flexibility index (Phi) is 4.41. The zero-order chi connectivity index (χ0) is 14.7. The van der Waals surface area contributed by atoms with Gasteiger partial charge in [0.2, 0.25) is 0 Å². The monoisotopic (exact) mass is 353 g/mol. The predicted octanol–water partition coefficient (Wildman–Crippen LogP) is 4.21. The molecule has 0 saturated carbocycles. The third-order valence-corrected chi connectivity index (χ3v) is 3.97. The van der Waals surface area contributed by atoms with Crippen LogP contribution < -0.4 is 0 Å². The molecule has 0 bridgehead atoms. The van der Waals surface area contributed by atoms with Crippen molar-refractivity contribution in [1.82, 2.24) is 0 Å². The van der Waals surface area contributed by atoms with Crippen molar-refractivity contribution in [2.75, 3.05) is 0 Å². The van der Waals surface area contributed by atoms with Crippen LogP contribution in [0.4, 0.5) is 5.69 Å². The molecule has 2 aromatic rings. The first-order chi connectivity index (χ1) is 9.47. The Hall–Kier alpha value is -1.86. The smallest absolute Gasteiger partial charge is 0.336 e. The van der Waals surface area contributed by atoms with Gasteiger partial charge in [-0.05, 0) is 24.3 Å². The van der Waals surface area contributed by atoms with Crippen molar-refractivity contribution in [2.24, 2.45) is 0 Å². The zero-order valence-electron chi connectivity index (χ0n) is 9.95. The van der Waals surface area contributed by atoms with E-state index in [1.54, 1.807) is 6.07 Å². The van der Waals surface area contributed by atoms with Gasteiger partial charge in [-0.25, -0.2) is 4.79 Å². The average Bonchev–Trinajstić information content (AvgIpc) is 2.38. The van der Waals surface area contributed by atoms with Gasteiger partial charge in [-0.15, -0.1) is 0 Å². The van der Waals surface area contributed by atoms with Crippen LogP contribution in [0.2, 0.25) is 0 Å². The second-order valence-corrected chi connectivity index (χ2v) is 5.83. The van der Waals surface area contributed by atoms with E-state index in [2.05, 4.69) is 15.9 Å². The molecule has 0 aliphatic rings. The minimum atomic E-state index is -1.11. The third-order valence-electron chi connectivity index (χ3n) is 2.43. The summed E-state index contributed by atoms with van der Waals surface area (Å²) in [6.07, 6.45) is 0. The van der Waals surface area contributed by atoms with E-state index in [4.69, 9.17) is 5.11 Å². The van der Waals surface area contributed by atoms with Crippen molar-refractivity contribution in [3.63, 3.8) is 0 Å². The van der Waals surface area contributed by atoms with Gasteiger partial charge in [-0.3, -0.25) is 10.1 Å². The minimum Gasteiger partial charge on any atom is -0.478 e. The van der Waals surface area contributed by atoms with Gasteiger partial charge in [0.1, 0.15) is 0 Å². The summed E-state index contributed by atoms with van der Waals surface area (Å²) in [5.74, 6) is -1.11. The highest BCUT2D eigenvalue weighted by atomic mass is 79.9. The molecule has 0 radical (unpaired) electrons. The molecule has 0 aliphatic carbocycles. The third kappa shape index (κ3) is 3.37. The van der Waals surface area contributed by atoms with Crippen LogP contribution in [0.25, 0.3) is 0 Å². The Morgan fingerprint density at radius 2 is 2.00 bits per heavy atom. The van der Waals surface area contributed by atoms with Gasteiger partial charge < -0.3 is 5.11 Å². The molecule has 0 fully saturated rings. The molecular weight excluding hydrogens is 346 g/mol. The highest BCUT2D eigenvalue weighted by molar-refractivity contribution is 9.10. The first-order valence-electron chi connectivity index (χ1n) is 5.42. The van der Waals surface area contributed by atoms with Crippen LogP contribution >= 0.6 is 27.7 Å². The number of carbonyl (C=O) groups is 1. The van der Waals surface area contributed by atoms with Crippen molar-refractivity contribution in [1.29, 1.82) is 0 Å². The molecular formula is C13H8BrNO4S. The molecule has 7 heteroatoms. The number of halogens is 1. The van der Waals surface area contributed by atoms with Crippen LogP contribution in [0, 0.1) is 10.1 Å². The van der Waals surface area contributed by atoms with E-state index in [1.807, 2.05) is 18.2 Å². The molecule has 0 spiro atoms. The van der Waals surface area contributed by atoms with Gasteiger partial charge in [-0.1, -0.05) is 33.8 Å². The highest BCUT2D eigenvalue weighted by Crippen LogP contribution is 2.34. The van der Waals surface area contributed by atoms with Crippen LogP contribution in [-0.4, -0.2) is 16.0 Å². The maximum atomic E-state index is 11.2. The van der Waals surface area contributed by atoms with Gasteiger partial charge in [0, 0.05) is 26.4 Å². The number of nitro benzene ring substituents is 1. The SMILES string of the molecule is O=C(O)c1ccc([N+](=O)[O-])cc1Sc1cccc(Br)c1. The lowest BCUT2D eigenvalue weighted by Crippen LogP contribution is -2.00. The van der Waals surface area contributed by atoms with E-state index < -0.39 is 10.9 Å². The lowest BCUT2D eigenvalue weighted by Gasteiger charge is -2.06. The molecule has 0 aromatic heterocycles. The van der Waals surface area contributed by atoms with E-state index in [0.717, 1.165) is 9.37 Å². The first-order valence-corrected chi connectivity index (χ1v) is 7.03. The molecule has 0 unspecified atom stereocenters. The number of hydrogen-bond acceptors (Lipinski definition) is 4. The average molecular weight is 354 g/mol. The van der Waals surface area contributed by atoms with Crippen LogP contribution in [0.3, 0.4) is 0 Å². The lowest BCUT2D eigenvalue weighted by molar-refractivity contribution is -0.385. The quantitative estimate of drug-likeness (QED) is 0.657. The molecule has 20 heavy (non-hydrogen) atoms. The largest absolute Gasteiger partial charge is 0.478 e. The van der Waals surface area contributed by atoms with Gasteiger partial charge in [-0.2, -0.15) is 0 Å². The standard InChI is InChI=1S/C13H8BrNO4S/c14-8-2-1-3-10(6-8)20-12-7-9(15(18)19)4-5-11(12)13(16)17/h1-7H,(H,16,17). The Bertz CT molecular complexity index is 690. The van der Waals surface area contributed by atoms with E-state index in [0.29, 0.717) is 4.90 Å². The maximum absolute atomic E-state index is 11.2. The summed E-state index contributed by atoms with van der Waals surface area (Å²) >= 11 is 4.50. The molecule has 102 valence electrons. The van der Waals surface area contributed by atoms with Crippen molar-refractivity contribution >= 4 is 39.3 Å². The van der Waals surface area contributed by atoms with Crippen molar-refractivity contribution in [2.45, 2.75) is 9.79 Å². The van der Waals surface area contributed by atoms with Gasteiger partial charge in [0.15, 0.2) is 0 Å². The maximum Gasteiger partial charge on any atom is 0.336 e. The summed E-state index contributed by atoms with van der Waals surface area (Å²) in [6.45, 7) is 0. The predicted molar refractivity (Wildman–Crippen MR) is 78.3 cm³/mol. The highest BCUT2D eigenvalue weighted by Gasteiger charge is 2.16. The first kappa shape index (κ1) is 14.5. The summed E-state index contributed by atoms with van der Waals surface area (Å²) in [7, 11) is 0.